The minimum atomic E-state index is -0.260. The third kappa shape index (κ3) is 3.99. The van der Waals surface area contributed by atoms with E-state index in [9.17, 15) is 9.18 Å². The third-order valence-corrected chi connectivity index (χ3v) is 5.64. The lowest BCUT2D eigenvalue weighted by atomic mass is 9.79. The number of aryl methyl sites for hydroxylation is 1. The fraction of sp³-hybridized carbons (Fsp3) is 0.632. The molecule has 0 spiro atoms. The van der Waals surface area contributed by atoms with Crippen molar-refractivity contribution in [3.63, 3.8) is 0 Å². The van der Waals surface area contributed by atoms with Crippen molar-refractivity contribution in [2.24, 2.45) is 11.1 Å². The maximum absolute atomic E-state index is 13.4. The highest BCUT2D eigenvalue weighted by Gasteiger charge is 2.41. The number of amides is 1. The predicted octanol–water partition coefficient (Wildman–Crippen LogP) is 3.11. The van der Waals surface area contributed by atoms with Gasteiger partial charge >= 0.3 is 0 Å². The molecule has 0 aromatic heterocycles. The smallest absolute Gasteiger partial charge is 0.244 e. The van der Waals surface area contributed by atoms with Crippen molar-refractivity contribution in [2.75, 3.05) is 24.5 Å². The number of halogens is 2. The number of nitrogens with zero attached hydrogens (tertiary/aromatic N) is 2. The normalized spacial score (nSPS) is 27.1. The van der Waals surface area contributed by atoms with Crippen LogP contribution in [0.25, 0.3) is 0 Å². The van der Waals surface area contributed by atoms with E-state index in [4.69, 9.17) is 5.73 Å². The van der Waals surface area contributed by atoms with Crippen LogP contribution in [0.2, 0.25) is 0 Å². The molecule has 0 saturated carbocycles. The Labute approximate surface area is 156 Å². The van der Waals surface area contributed by atoms with E-state index in [1.54, 1.807) is 6.07 Å². The Morgan fingerprint density at radius 1 is 1.24 bits per heavy atom. The number of rotatable bonds is 2. The van der Waals surface area contributed by atoms with Gasteiger partial charge < -0.3 is 10.6 Å². The number of piperidine rings is 2. The minimum absolute atomic E-state index is 0. The van der Waals surface area contributed by atoms with Gasteiger partial charge in [-0.05, 0) is 55.4 Å². The Kier molecular flexibility index (Phi) is 6.13. The molecule has 1 amide bonds. The maximum atomic E-state index is 13.4. The number of carbonyl (C=O) groups is 1. The number of benzene rings is 1. The van der Waals surface area contributed by atoms with Crippen LogP contribution in [0.5, 0.6) is 0 Å². The van der Waals surface area contributed by atoms with Gasteiger partial charge in [-0.3, -0.25) is 9.69 Å². The van der Waals surface area contributed by atoms with Crippen molar-refractivity contribution in [1.82, 2.24) is 4.90 Å². The molecular formula is C19H29ClFN3O. The average molecular weight is 370 g/mol. The number of likely N-dealkylation sites (tertiary alicyclic amines) is 1. The van der Waals surface area contributed by atoms with Crippen LogP contribution in [-0.2, 0) is 4.79 Å². The van der Waals surface area contributed by atoms with Crippen molar-refractivity contribution >= 4 is 24.0 Å². The summed E-state index contributed by atoms with van der Waals surface area (Å²) < 4.78 is 13.4. The zero-order chi connectivity index (χ0) is 17.5. The predicted molar refractivity (Wildman–Crippen MR) is 102 cm³/mol. The lowest BCUT2D eigenvalue weighted by Crippen LogP contribution is -2.60. The van der Waals surface area contributed by atoms with Crippen LogP contribution in [0.4, 0.5) is 10.1 Å². The van der Waals surface area contributed by atoms with Gasteiger partial charge in [-0.1, -0.05) is 13.8 Å². The molecule has 0 radical (unpaired) electrons. The molecule has 140 valence electrons. The second-order valence-corrected chi connectivity index (χ2v) is 7.93. The van der Waals surface area contributed by atoms with E-state index in [0.29, 0.717) is 6.54 Å². The Hall–Kier alpha value is -1.17. The molecule has 4 nitrogen and oxygen atoms in total. The first-order valence-electron chi connectivity index (χ1n) is 8.87. The quantitative estimate of drug-likeness (QED) is 0.871. The Bertz CT molecular complexity index is 637. The number of anilines is 1. The molecule has 1 aromatic rings. The molecule has 2 saturated heterocycles. The van der Waals surface area contributed by atoms with Crippen molar-refractivity contribution in [3.05, 3.63) is 29.6 Å². The highest BCUT2D eigenvalue weighted by atomic mass is 35.5. The lowest BCUT2D eigenvalue weighted by molar-refractivity contribution is -0.126. The summed E-state index contributed by atoms with van der Waals surface area (Å²) in [5.74, 6) is -0.119. The van der Waals surface area contributed by atoms with Gasteiger partial charge in [0.1, 0.15) is 5.82 Å². The fourth-order valence-electron chi connectivity index (χ4n) is 4.04. The highest BCUT2D eigenvalue weighted by Crippen LogP contribution is 2.33. The monoisotopic (exact) mass is 369 g/mol. The molecular weight excluding hydrogens is 341 g/mol. The zero-order valence-electron chi connectivity index (χ0n) is 15.3. The summed E-state index contributed by atoms with van der Waals surface area (Å²) >= 11 is 0. The largest absolute Gasteiger partial charge is 0.327 e. The average Bonchev–Trinajstić information content (AvgIpc) is 2.51. The summed E-state index contributed by atoms with van der Waals surface area (Å²) in [6.45, 7) is 8.65. The SMILES string of the molecule is Cc1cc(F)ccc1N1CCCC(N2CCC(N)C(C)(C)C2)C1=O.Cl. The van der Waals surface area contributed by atoms with E-state index in [0.717, 1.165) is 43.6 Å². The number of hydrogen-bond acceptors (Lipinski definition) is 3. The van der Waals surface area contributed by atoms with Crippen LogP contribution in [-0.4, -0.2) is 42.5 Å². The summed E-state index contributed by atoms with van der Waals surface area (Å²) in [6, 6.07) is 4.75. The summed E-state index contributed by atoms with van der Waals surface area (Å²) in [4.78, 5) is 17.3. The summed E-state index contributed by atoms with van der Waals surface area (Å²) in [6.07, 6.45) is 2.78. The molecule has 3 rings (SSSR count). The van der Waals surface area contributed by atoms with Crippen molar-refractivity contribution in [1.29, 1.82) is 0 Å². The van der Waals surface area contributed by atoms with Gasteiger partial charge in [-0.15, -0.1) is 12.4 Å². The molecule has 2 aliphatic heterocycles. The first-order valence-corrected chi connectivity index (χ1v) is 8.87. The van der Waals surface area contributed by atoms with Crippen LogP contribution < -0.4 is 10.6 Å². The molecule has 0 aliphatic carbocycles. The van der Waals surface area contributed by atoms with Gasteiger partial charge in [-0.2, -0.15) is 0 Å². The van der Waals surface area contributed by atoms with Gasteiger partial charge in [-0.25, -0.2) is 4.39 Å². The topological polar surface area (TPSA) is 49.6 Å². The van der Waals surface area contributed by atoms with E-state index in [1.165, 1.54) is 12.1 Å². The van der Waals surface area contributed by atoms with Crippen LogP contribution >= 0.6 is 12.4 Å². The van der Waals surface area contributed by atoms with E-state index >= 15 is 0 Å². The fourth-order valence-corrected chi connectivity index (χ4v) is 4.04. The molecule has 25 heavy (non-hydrogen) atoms. The van der Waals surface area contributed by atoms with Gasteiger partial charge in [0.2, 0.25) is 5.91 Å². The van der Waals surface area contributed by atoms with Crippen molar-refractivity contribution in [3.8, 4) is 0 Å². The Morgan fingerprint density at radius 3 is 2.60 bits per heavy atom. The summed E-state index contributed by atoms with van der Waals surface area (Å²) in [7, 11) is 0. The molecule has 2 unspecified atom stereocenters. The second-order valence-electron chi connectivity index (χ2n) is 7.93. The molecule has 2 N–H and O–H groups in total. The van der Waals surface area contributed by atoms with Crippen LogP contribution in [0.1, 0.15) is 38.7 Å². The molecule has 2 fully saturated rings. The lowest BCUT2D eigenvalue weighted by Gasteiger charge is -2.47. The molecule has 1 aromatic carbocycles. The molecule has 2 aliphatic rings. The van der Waals surface area contributed by atoms with E-state index in [-0.39, 0.29) is 41.6 Å². The van der Waals surface area contributed by atoms with Crippen molar-refractivity contribution in [2.45, 2.75) is 52.1 Å². The van der Waals surface area contributed by atoms with Gasteiger partial charge in [0.05, 0.1) is 6.04 Å². The first-order chi connectivity index (χ1) is 11.3. The third-order valence-electron chi connectivity index (χ3n) is 5.64. The highest BCUT2D eigenvalue weighted by molar-refractivity contribution is 5.98. The number of hydrogen-bond donors (Lipinski definition) is 1. The number of nitrogens with two attached hydrogens (primary N) is 1. The molecule has 2 heterocycles. The maximum Gasteiger partial charge on any atom is 0.244 e. The summed E-state index contributed by atoms with van der Waals surface area (Å²) in [5, 5.41) is 0. The second kappa shape index (κ2) is 7.60. The van der Waals surface area contributed by atoms with Crippen LogP contribution in [0.3, 0.4) is 0 Å². The zero-order valence-corrected chi connectivity index (χ0v) is 16.1. The van der Waals surface area contributed by atoms with Gasteiger partial charge in [0, 0.05) is 31.4 Å². The minimum Gasteiger partial charge on any atom is -0.327 e. The van der Waals surface area contributed by atoms with E-state index in [2.05, 4.69) is 18.7 Å². The van der Waals surface area contributed by atoms with E-state index < -0.39 is 0 Å². The Balaban J connectivity index is 0.00000225. The van der Waals surface area contributed by atoms with Crippen LogP contribution in [0, 0.1) is 18.2 Å². The Morgan fingerprint density at radius 2 is 1.96 bits per heavy atom. The molecule has 6 heteroatoms. The standard InChI is InChI=1S/C19H28FN3O.ClH/c1-13-11-14(20)6-7-15(13)23-9-4-5-16(18(23)24)22-10-8-17(21)19(2,3)12-22;/h6-7,11,16-17H,4-5,8-10,12,21H2,1-3H3;1H. The first kappa shape index (κ1) is 20.1. The van der Waals surface area contributed by atoms with Crippen LogP contribution in [0.15, 0.2) is 18.2 Å². The van der Waals surface area contributed by atoms with Crippen molar-refractivity contribution < 1.29 is 9.18 Å². The molecule has 0 bridgehead atoms. The molecule has 2 atom stereocenters. The van der Waals surface area contributed by atoms with Gasteiger partial charge in [0.25, 0.3) is 0 Å². The van der Waals surface area contributed by atoms with Gasteiger partial charge in [0.15, 0.2) is 0 Å². The number of carbonyl (C=O) groups excluding carboxylic acids is 1. The van der Waals surface area contributed by atoms with E-state index in [1.807, 2.05) is 11.8 Å². The summed E-state index contributed by atoms with van der Waals surface area (Å²) in [5.41, 5.74) is 7.90.